The maximum Gasteiger partial charge on any atom is 0.415 e. The largest absolute Gasteiger partial charge is 0.415 e. The molecule has 0 spiro atoms. The SMILES string of the molecule is CO/N=C/C1=CCCN(C(=O)Oc2ccc(C)cc2)C1. The zero-order chi connectivity index (χ0) is 14.4. The van der Waals surface area contributed by atoms with Crippen LogP contribution in [0.1, 0.15) is 12.0 Å². The van der Waals surface area contributed by atoms with Crippen LogP contribution in [0.4, 0.5) is 4.79 Å². The molecule has 1 heterocycles. The van der Waals surface area contributed by atoms with Crippen LogP contribution in [0.25, 0.3) is 0 Å². The van der Waals surface area contributed by atoms with Crippen molar-refractivity contribution < 1.29 is 14.4 Å². The topological polar surface area (TPSA) is 51.1 Å². The summed E-state index contributed by atoms with van der Waals surface area (Å²) in [4.78, 5) is 18.4. The third-order valence-corrected chi connectivity index (χ3v) is 2.99. The van der Waals surface area contributed by atoms with Crippen molar-refractivity contribution >= 4 is 12.3 Å². The highest BCUT2D eigenvalue weighted by Gasteiger charge is 2.19. The lowest BCUT2D eigenvalue weighted by Gasteiger charge is -2.25. The quantitative estimate of drug-likeness (QED) is 0.629. The van der Waals surface area contributed by atoms with E-state index in [2.05, 4.69) is 9.99 Å². The van der Waals surface area contributed by atoms with Crippen molar-refractivity contribution in [3.8, 4) is 5.75 Å². The normalized spacial score (nSPS) is 15.1. The lowest BCUT2D eigenvalue weighted by atomic mass is 10.1. The molecule has 1 aliphatic rings. The van der Waals surface area contributed by atoms with E-state index in [0.717, 1.165) is 17.6 Å². The Kier molecular flexibility index (Phi) is 4.76. The minimum Gasteiger partial charge on any atom is -0.410 e. The average Bonchev–Trinajstić information content (AvgIpc) is 2.48. The first-order valence-electron chi connectivity index (χ1n) is 6.48. The summed E-state index contributed by atoms with van der Waals surface area (Å²) in [5, 5.41) is 3.71. The highest BCUT2D eigenvalue weighted by Crippen LogP contribution is 2.15. The van der Waals surface area contributed by atoms with Gasteiger partial charge in [0.2, 0.25) is 0 Å². The van der Waals surface area contributed by atoms with Crippen molar-refractivity contribution in [2.45, 2.75) is 13.3 Å². The second kappa shape index (κ2) is 6.75. The summed E-state index contributed by atoms with van der Waals surface area (Å²) < 4.78 is 5.35. The molecule has 0 bridgehead atoms. The van der Waals surface area contributed by atoms with Crippen molar-refractivity contribution in [2.75, 3.05) is 20.2 Å². The molecular weight excluding hydrogens is 256 g/mol. The Balaban J connectivity index is 1.94. The molecule has 5 nitrogen and oxygen atoms in total. The molecule has 0 saturated carbocycles. The highest BCUT2D eigenvalue weighted by atomic mass is 16.6. The van der Waals surface area contributed by atoms with Gasteiger partial charge in [-0.3, -0.25) is 0 Å². The zero-order valence-electron chi connectivity index (χ0n) is 11.7. The predicted octanol–water partition coefficient (Wildman–Crippen LogP) is 2.76. The number of rotatable bonds is 3. The number of carbonyl (C=O) groups excluding carboxylic acids is 1. The monoisotopic (exact) mass is 274 g/mol. The highest BCUT2D eigenvalue weighted by molar-refractivity contribution is 5.81. The summed E-state index contributed by atoms with van der Waals surface area (Å²) in [6.07, 6.45) is 4.10. The minimum absolute atomic E-state index is 0.342. The first-order valence-corrected chi connectivity index (χ1v) is 6.48. The molecule has 5 heteroatoms. The molecule has 1 amide bonds. The van der Waals surface area contributed by atoms with Gasteiger partial charge in [0.05, 0.1) is 12.8 Å². The van der Waals surface area contributed by atoms with E-state index in [1.54, 1.807) is 23.2 Å². The van der Waals surface area contributed by atoms with E-state index in [4.69, 9.17) is 4.74 Å². The summed E-state index contributed by atoms with van der Waals surface area (Å²) in [6, 6.07) is 7.41. The van der Waals surface area contributed by atoms with Crippen LogP contribution in [0.3, 0.4) is 0 Å². The van der Waals surface area contributed by atoms with Gasteiger partial charge in [0.1, 0.15) is 12.9 Å². The molecule has 0 fully saturated rings. The number of benzene rings is 1. The smallest absolute Gasteiger partial charge is 0.410 e. The molecule has 0 aliphatic carbocycles. The molecule has 0 saturated heterocycles. The fourth-order valence-electron chi connectivity index (χ4n) is 1.91. The lowest BCUT2D eigenvalue weighted by molar-refractivity contribution is 0.155. The number of oxime groups is 1. The third kappa shape index (κ3) is 3.85. The summed E-state index contributed by atoms with van der Waals surface area (Å²) >= 11 is 0. The average molecular weight is 274 g/mol. The summed E-state index contributed by atoms with van der Waals surface area (Å²) in [5.41, 5.74) is 2.07. The van der Waals surface area contributed by atoms with Gasteiger partial charge >= 0.3 is 6.09 Å². The molecule has 1 aromatic carbocycles. The van der Waals surface area contributed by atoms with Gasteiger partial charge in [-0.05, 0) is 31.1 Å². The second-order valence-corrected chi connectivity index (χ2v) is 4.59. The van der Waals surface area contributed by atoms with Crippen LogP contribution in [0, 0.1) is 6.92 Å². The van der Waals surface area contributed by atoms with Crippen molar-refractivity contribution in [1.29, 1.82) is 0 Å². The Morgan fingerprint density at radius 1 is 1.35 bits per heavy atom. The Hall–Kier alpha value is -2.30. The molecule has 0 N–H and O–H groups in total. The summed E-state index contributed by atoms with van der Waals surface area (Å²) in [5.74, 6) is 0.558. The Morgan fingerprint density at radius 2 is 2.10 bits per heavy atom. The van der Waals surface area contributed by atoms with E-state index < -0.39 is 0 Å². The molecule has 1 aliphatic heterocycles. The van der Waals surface area contributed by atoms with E-state index >= 15 is 0 Å². The first-order chi connectivity index (χ1) is 9.69. The summed E-state index contributed by atoms with van der Waals surface area (Å²) in [6.45, 7) is 3.12. The second-order valence-electron chi connectivity index (χ2n) is 4.59. The number of carbonyl (C=O) groups is 1. The van der Waals surface area contributed by atoms with E-state index in [9.17, 15) is 4.79 Å². The van der Waals surface area contributed by atoms with E-state index in [1.807, 2.05) is 25.1 Å². The van der Waals surface area contributed by atoms with Gasteiger partial charge in [0.25, 0.3) is 0 Å². The number of hydrogen-bond acceptors (Lipinski definition) is 4. The molecule has 0 radical (unpaired) electrons. The zero-order valence-corrected chi connectivity index (χ0v) is 11.7. The number of ether oxygens (including phenoxy) is 1. The Morgan fingerprint density at radius 3 is 2.80 bits per heavy atom. The van der Waals surface area contributed by atoms with Crippen molar-refractivity contribution in [1.82, 2.24) is 4.90 Å². The number of amides is 1. The molecule has 20 heavy (non-hydrogen) atoms. The van der Waals surface area contributed by atoms with Crippen LogP contribution in [-0.2, 0) is 4.84 Å². The maximum absolute atomic E-state index is 12.1. The van der Waals surface area contributed by atoms with Gasteiger partial charge < -0.3 is 14.5 Å². The molecular formula is C15H18N2O3. The number of nitrogens with zero attached hydrogens (tertiary/aromatic N) is 2. The van der Waals surface area contributed by atoms with Gasteiger partial charge in [-0.15, -0.1) is 0 Å². The predicted molar refractivity (Wildman–Crippen MR) is 77.0 cm³/mol. The van der Waals surface area contributed by atoms with E-state index in [0.29, 0.717) is 18.8 Å². The van der Waals surface area contributed by atoms with Crippen molar-refractivity contribution in [3.05, 3.63) is 41.5 Å². The van der Waals surface area contributed by atoms with Crippen LogP contribution in [0.15, 0.2) is 41.1 Å². The van der Waals surface area contributed by atoms with Crippen molar-refractivity contribution in [3.63, 3.8) is 0 Å². The fourth-order valence-corrected chi connectivity index (χ4v) is 1.91. The number of aryl methyl sites for hydroxylation is 1. The Labute approximate surface area is 118 Å². The van der Waals surface area contributed by atoms with Gasteiger partial charge in [-0.2, -0.15) is 0 Å². The van der Waals surface area contributed by atoms with Crippen LogP contribution in [-0.4, -0.2) is 37.4 Å². The molecule has 0 atom stereocenters. The third-order valence-electron chi connectivity index (χ3n) is 2.99. The van der Waals surface area contributed by atoms with E-state index in [-0.39, 0.29) is 6.09 Å². The van der Waals surface area contributed by atoms with Gasteiger partial charge in [0, 0.05) is 6.54 Å². The van der Waals surface area contributed by atoms with Gasteiger partial charge in [-0.1, -0.05) is 28.9 Å². The van der Waals surface area contributed by atoms with Gasteiger partial charge in [-0.25, -0.2) is 4.79 Å². The van der Waals surface area contributed by atoms with Crippen LogP contribution in [0.2, 0.25) is 0 Å². The fraction of sp³-hybridized carbons (Fsp3) is 0.333. The first kappa shape index (κ1) is 14.1. The van der Waals surface area contributed by atoms with Crippen LogP contribution < -0.4 is 4.74 Å². The molecule has 2 rings (SSSR count). The number of hydrogen-bond donors (Lipinski definition) is 0. The van der Waals surface area contributed by atoms with Crippen LogP contribution in [0.5, 0.6) is 5.75 Å². The van der Waals surface area contributed by atoms with Crippen LogP contribution >= 0.6 is 0 Å². The lowest BCUT2D eigenvalue weighted by Crippen LogP contribution is -2.38. The molecule has 0 unspecified atom stereocenters. The van der Waals surface area contributed by atoms with Crippen molar-refractivity contribution in [2.24, 2.45) is 5.16 Å². The minimum atomic E-state index is -0.342. The summed E-state index contributed by atoms with van der Waals surface area (Å²) in [7, 11) is 1.49. The maximum atomic E-state index is 12.1. The Bertz CT molecular complexity index is 520. The standard InChI is InChI=1S/C15H18N2O3/c1-12-5-7-14(8-6-12)20-15(18)17-9-3-4-13(11-17)10-16-19-2/h4-8,10H,3,9,11H2,1-2H3/b16-10+. The van der Waals surface area contributed by atoms with Gasteiger partial charge in [0.15, 0.2) is 0 Å². The molecule has 0 aromatic heterocycles. The van der Waals surface area contributed by atoms with E-state index in [1.165, 1.54) is 7.11 Å². The molecule has 106 valence electrons. The molecule has 1 aromatic rings.